The minimum Gasteiger partial charge on any atom is -0.493 e. The van der Waals surface area contributed by atoms with E-state index in [0.717, 1.165) is 44.0 Å². The average molecular weight is 391 g/mol. The Balaban J connectivity index is 1.33. The second-order valence-corrected chi connectivity index (χ2v) is 7.68. The number of aromatic nitrogens is 1. The predicted octanol–water partition coefficient (Wildman–Crippen LogP) is 5.05. The lowest BCUT2D eigenvalue weighted by Crippen LogP contribution is -2.20. The van der Waals surface area contributed by atoms with E-state index in [4.69, 9.17) is 9.47 Å². The summed E-state index contributed by atoms with van der Waals surface area (Å²) >= 11 is 0. The fourth-order valence-corrected chi connectivity index (χ4v) is 3.93. The largest absolute Gasteiger partial charge is 0.493 e. The molecule has 0 saturated heterocycles. The second-order valence-electron chi connectivity index (χ2n) is 7.68. The molecule has 29 heavy (non-hydrogen) atoms. The third kappa shape index (κ3) is 4.83. The van der Waals surface area contributed by atoms with E-state index < -0.39 is 0 Å². The van der Waals surface area contributed by atoms with Gasteiger partial charge in [-0.15, -0.1) is 0 Å². The van der Waals surface area contributed by atoms with Gasteiger partial charge in [0.1, 0.15) is 18.1 Å². The van der Waals surface area contributed by atoms with Gasteiger partial charge in [0.25, 0.3) is 0 Å². The Hall–Kier alpha value is -2.72. The van der Waals surface area contributed by atoms with Crippen molar-refractivity contribution < 1.29 is 9.47 Å². The Kier molecular flexibility index (Phi) is 6.20. The van der Waals surface area contributed by atoms with Gasteiger partial charge in [0.2, 0.25) is 0 Å². The van der Waals surface area contributed by atoms with Crippen molar-refractivity contribution in [1.29, 1.82) is 0 Å². The van der Waals surface area contributed by atoms with Gasteiger partial charge in [-0.2, -0.15) is 0 Å². The standard InChI is InChI=1S/C25H30N2O2/c1-3-23(21-7-9-25-22(17-21)10-14-28-25)26-18-20-6-8-24(19(2)16-20)29-15-13-27-11-4-5-12-27/h4-9,11-12,16-17,23,26H,3,10,13-15,18H2,1-2H3. The van der Waals surface area contributed by atoms with Gasteiger partial charge in [0.05, 0.1) is 13.2 Å². The highest BCUT2D eigenvalue weighted by Crippen LogP contribution is 2.29. The zero-order valence-corrected chi connectivity index (χ0v) is 17.4. The zero-order valence-electron chi connectivity index (χ0n) is 17.4. The highest BCUT2D eigenvalue weighted by Gasteiger charge is 2.16. The first-order valence-electron chi connectivity index (χ1n) is 10.5. The molecule has 1 aliphatic heterocycles. The topological polar surface area (TPSA) is 35.4 Å². The number of nitrogens with one attached hydrogen (secondary N) is 1. The van der Waals surface area contributed by atoms with E-state index in [9.17, 15) is 0 Å². The van der Waals surface area contributed by atoms with Crippen LogP contribution in [0.1, 0.15) is 41.6 Å². The molecular formula is C25H30N2O2. The van der Waals surface area contributed by atoms with E-state index in [1.165, 1.54) is 22.3 Å². The number of hydrogen-bond donors (Lipinski definition) is 1. The predicted molar refractivity (Wildman–Crippen MR) is 117 cm³/mol. The Morgan fingerprint density at radius 1 is 1.14 bits per heavy atom. The molecule has 0 saturated carbocycles. The number of ether oxygens (including phenoxy) is 2. The number of fused-ring (bicyclic) bond motifs is 1. The maximum atomic E-state index is 5.97. The molecule has 2 aromatic carbocycles. The van der Waals surface area contributed by atoms with Gasteiger partial charge in [-0.1, -0.05) is 31.2 Å². The fraction of sp³-hybridized carbons (Fsp3) is 0.360. The van der Waals surface area contributed by atoms with Gasteiger partial charge in [0.15, 0.2) is 0 Å². The first kappa shape index (κ1) is 19.6. The molecule has 0 aliphatic carbocycles. The lowest BCUT2D eigenvalue weighted by Gasteiger charge is -2.19. The van der Waals surface area contributed by atoms with Crippen molar-refractivity contribution in [3.05, 3.63) is 83.2 Å². The van der Waals surface area contributed by atoms with Gasteiger partial charge in [-0.25, -0.2) is 0 Å². The quantitative estimate of drug-likeness (QED) is 0.555. The summed E-state index contributed by atoms with van der Waals surface area (Å²) in [5.74, 6) is 2.01. The lowest BCUT2D eigenvalue weighted by molar-refractivity contribution is 0.296. The molecule has 152 valence electrons. The number of rotatable bonds is 9. The van der Waals surface area contributed by atoms with Crippen LogP contribution in [0.3, 0.4) is 0 Å². The van der Waals surface area contributed by atoms with Crippen LogP contribution in [0, 0.1) is 6.92 Å². The van der Waals surface area contributed by atoms with Gasteiger partial charge in [0, 0.05) is 31.4 Å². The van der Waals surface area contributed by atoms with Crippen molar-refractivity contribution in [1.82, 2.24) is 9.88 Å². The molecule has 3 aromatic rings. The lowest BCUT2D eigenvalue weighted by atomic mass is 10.0. The van der Waals surface area contributed by atoms with Crippen molar-refractivity contribution in [3.8, 4) is 11.5 Å². The summed E-state index contributed by atoms with van der Waals surface area (Å²) < 4.78 is 13.7. The molecule has 2 heterocycles. The van der Waals surface area contributed by atoms with Crippen LogP contribution in [-0.2, 0) is 19.5 Å². The molecule has 1 aromatic heterocycles. The summed E-state index contributed by atoms with van der Waals surface area (Å²) in [6, 6.07) is 17.5. The summed E-state index contributed by atoms with van der Waals surface area (Å²) in [6.07, 6.45) is 6.19. The monoisotopic (exact) mass is 390 g/mol. The fourth-order valence-electron chi connectivity index (χ4n) is 3.93. The maximum absolute atomic E-state index is 5.97. The Labute approximate surface area is 173 Å². The minimum absolute atomic E-state index is 0.346. The van der Waals surface area contributed by atoms with Crippen LogP contribution in [0.2, 0.25) is 0 Å². The van der Waals surface area contributed by atoms with Crippen molar-refractivity contribution in [2.45, 2.75) is 45.8 Å². The van der Waals surface area contributed by atoms with Gasteiger partial charge in [-0.05, 0) is 59.9 Å². The van der Waals surface area contributed by atoms with Gasteiger partial charge < -0.3 is 19.4 Å². The van der Waals surface area contributed by atoms with Crippen molar-refractivity contribution in [3.63, 3.8) is 0 Å². The van der Waals surface area contributed by atoms with Gasteiger partial charge in [-0.3, -0.25) is 0 Å². The van der Waals surface area contributed by atoms with Crippen LogP contribution >= 0.6 is 0 Å². The minimum atomic E-state index is 0.346. The van der Waals surface area contributed by atoms with E-state index in [1.54, 1.807) is 0 Å². The number of aryl methyl sites for hydroxylation is 1. The molecule has 0 radical (unpaired) electrons. The van der Waals surface area contributed by atoms with Crippen LogP contribution in [0.25, 0.3) is 0 Å². The molecule has 4 rings (SSSR count). The Morgan fingerprint density at radius 3 is 2.79 bits per heavy atom. The molecule has 0 spiro atoms. The first-order chi connectivity index (χ1) is 14.2. The Morgan fingerprint density at radius 2 is 2.00 bits per heavy atom. The summed E-state index contributed by atoms with van der Waals surface area (Å²) in [5, 5.41) is 3.72. The SMILES string of the molecule is CCC(NCc1ccc(OCCn2cccc2)c(C)c1)c1ccc2c(c1)CCO2. The third-order valence-electron chi connectivity index (χ3n) is 5.59. The number of benzene rings is 2. The molecule has 1 atom stereocenters. The molecule has 1 N–H and O–H groups in total. The summed E-state index contributed by atoms with van der Waals surface area (Å²) in [6.45, 7) is 7.53. The number of nitrogens with zero attached hydrogens (tertiary/aromatic N) is 1. The van der Waals surface area contributed by atoms with Crippen molar-refractivity contribution in [2.75, 3.05) is 13.2 Å². The summed E-state index contributed by atoms with van der Waals surface area (Å²) in [4.78, 5) is 0. The van der Waals surface area contributed by atoms with Gasteiger partial charge >= 0.3 is 0 Å². The van der Waals surface area contributed by atoms with E-state index in [-0.39, 0.29) is 0 Å². The average Bonchev–Trinajstić information content (AvgIpc) is 3.41. The smallest absolute Gasteiger partial charge is 0.122 e. The number of hydrogen-bond acceptors (Lipinski definition) is 3. The molecule has 1 unspecified atom stereocenters. The maximum Gasteiger partial charge on any atom is 0.122 e. The van der Waals surface area contributed by atoms with Crippen LogP contribution in [0.15, 0.2) is 60.9 Å². The zero-order chi connectivity index (χ0) is 20.1. The first-order valence-corrected chi connectivity index (χ1v) is 10.5. The molecule has 0 bridgehead atoms. The van der Waals surface area contributed by atoms with Crippen molar-refractivity contribution >= 4 is 0 Å². The molecule has 0 amide bonds. The van der Waals surface area contributed by atoms with E-state index in [0.29, 0.717) is 12.6 Å². The molecule has 0 fully saturated rings. The summed E-state index contributed by atoms with van der Waals surface area (Å²) in [5.41, 5.74) is 5.14. The van der Waals surface area contributed by atoms with Crippen molar-refractivity contribution in [2.24, 2.45) is 0 Å². The van der Waals surface area contributed by atoms with Crippen LogP contribution in [0.5, 0.6) is 11.5 Å². The molecule has 1 aliphatic rings. The Bertz CT molecular complexity index is 934. The molecular weight excluding hydrogens is 360 g/mol. The van der Waals surface area contributed by atoms with Crippen LogP contribution in [-0.4, -0.2) is 17.8 Å². The highest BCUT2D eigenvalue weighted by molar-refractivity contribution is 5.41. The molecule has 4 nitrogen and oxygen atoms in total. The normalized spacial score (nSPS) is 13.7. The van der Waals surface area contributed by atoms with E-state index in [2.05, 4.69) is 72.5 Å². The third-order valence-corrected chi connectivity index (χ3v) is 5.59. The highest BCUT2D eigenvalue weighted by atomic mass is 16.5. The van der Waals surface area contributed by atoms with E-state index in [1.807, 2.05) is 12.1 Å². The van der Waals surface area contributed by atoms with E-state index >= 15 is 0 Å². The second kappa shape index (κ2) is 9.19. The summed E-state index contributed by atoms with van der Waals surface area (Å²) in [7, 11) is 0. The van der Waals surface area contributed by atoms with Crippen LogP contribution < -0.4 is 14.8 Å². The van der Waals surface area contributed by atoms with Crippen LogP contribution in [0.4, 0.5) is 0 Å². The molecule has 4 heteroatoms.